The molecule has 0 amide bonds. The van der Waals surface area contributed by atoms with Gasteiger partial charge in [-0.3, -0.25) is 0 Å². The van der Waals surface area contributed by atoms with Crippen molar-refractivity contribution >= 4 is 11.8 Å². The number of carbonyl (C=O) groups is 1. The first kappa shape index (κ1) is 67.2. The van der Waals surface area contributed by atoms with Crippen molar-refractivity contribution < 1.29 is 23.7 Å². The van der Waals surface area contributed by atoms with Crippen LogP contribution in [-0.4, -0.2) is 35.3 Å². The molecule has 0 bridgehead atoms. The Bertz CT molecular complexity index is 1470. The number of esters is 1. The van der Waals surface area contributed by atoms with Gasteiger partial charge in [0.15, 0.2) is 11.5 Å². The maximum atomic E-state index is 13.1. The van der Waals surface area contributed by atoms with Crippen LogP contribution in [0.2, 0.25) is 0 Å². The molecule has 8 heteroatoms. The number of nitrogens with two attached hydrogens (primary N) is 1. The van der Waals surface area contributed by atoms with Crippen LogP contribution < -0.4 is 19.9 Å². The molecule has 0 unspecified atom stereocenters. The van der Waals surface area contributed by atoms with Crippen LogP contribution in [0.4, 0.5) is 5.82 Å². The van der Waals surface area contributed by atoms with E-state index in [0.29, 0.717) is 42.9 Å². The summed E-state index contributed by atoms with van der Waals surface area (Å²) in [5, 5.41) is 0. The average molecular weight is 1040 g/mol. The molecule has 430 valence electrons. The van der Waals surface area contributed by atoms with E-state index in [-0.39, 0.29) is 12.4 Å². The minimum absolute atomic E-state index is 0.0653. The third-order valence-corrected chi connectivity index (χ3v) is 15.3. The van der Waals surface area contributed by atoms with Crippen LogP contribution in [0, 0.1) is 0 Å². The standard InChI is InChI=1S/C66H121N3O5/c1-5-8-11-14-17-20-23-26-29-32-35-38-41-44-47-50-53-71-61-56-60(59-74-66(70)65-68-63(67)58-69(65)4)57-62(72-54-51-48-45-42-39-36-33-30-27-24-21-18-15-12-9-6-2)64(61)73-55-52-49-46-43-40-37-34-31-28-25-22-19-16-13-10-7-3/h56-58H,5-55,59,67H2,1-4H3. The second-order valence-corrected chi connectivity index (χ2v) is 22.6. The molecule has 2 aromatic rings. The van der Waals surface area contributed by atoms with Crippen molar-refractivity contribution in [2.45, 2.75) is 336 Å². The summed E-state index contributed by atoms with van der Waals surface area (Å²) in [7, 11) is 1.75. The third kappa shape index (κ3) is 38.6. The van der Waals surface area contributed by atoms with E-state index < -0.39 is 5.97 Å². The van der Waals surface area contributed by atoms with Crippen molar-refractivity contribution in [1.82, 2.24) is 9.55 Å². The van der Waals surface area contributed by atoms with Crippen LogP contribution in [-0.2, 0) is 18.4 Å². The second kappa shape index (κ2) is 50.9. The van der Waals surface area contributed by atoms with Gasteiger partial charge in [0, 0.05) is 13.2 Å². The highest BCUT2D eigenvalue weighted by molar-refractivity contribution is 5.86. The Morgan fingerprint density at radius 3 is 0.919 bits per heavy atom. The summed E-state index contributed by atoms with van der Waals surface area (Å²) in [5.74, 6) is 2.00. The lowest BCUT2D eigenvalue weighted by Crippen LogP contribution is -2.12. The minimum Gasteiger partial charge on any atom is -0.490 e. The summed E-state index contributed by atoms with van der Waals surface area (Å²) in [6.07, 6.45) is 65.9. The third-order valence-electron chi connectivity index (χ3n) is 15.3. The topological polar surface area (TPSA) is 97.8 Å². The van der Waals surface area contributed by atoms with E-state index in [9.17, 15) is 4.79 Å². The zero-order chi connectivity index (χ0) is 53.0. The molecule has 1 heterocycles. The number of ether oxygens (including phenoxy) is 4. The lowest BCUT2D eigenvalue weighted by atomic mass is 10.0. The van der Waals surface area contributed by atoms with E-state index in [2.05, 4.69) is 25.8 Å². The van der Waals surface area contributed by atoms with Gasteiger partial charge in [-0.25, -0.2) is 9.78 Å². The number of nitrogen functional groups attached to an aromatic ring is 1. The highest BCUT2D eigenvalue weighted by Crippen LogP contribution is 2.40. The number of unbranched alkanes of at least 4 members (excludes halogenated alkanes) is 45. The van der Waals surface area contributed by atoms with E-state index in [1.165, 1.54) is 270 Å². The van der Waals surface area contributed by atoms with Gasteiger partial charge < -0.3 is 29.2 Å². The average Bonchev–Trinajstić information content (AvgIpc) is 3.75. The molecule has 1 aromatic heterocycles. The number of aromatic nitrogens is 2. The molecule has 0 aliphatic heterocycles. The van der Waals surface area contributed by atoms with Gasteiger partial charge in [0.1, 0.15) is 12.4 Å². The molecule has 0 spiro atoms. The monoisotopic (exact) mass is 1040 g/mol. The largest absolute Gasteiger partial charge is 0.490 e. The van der Waals surface area contributed by atoms with Crippen molar-refractivity contribution in [2.24, 2.45) is 7.05 Å². The minimum atomic E-state index is -0.515. The Morgan fingerprint density at radius 1 is 0.405 bits per heavy atom. The molecular formula is C66H121N3O5. The smallest absolute Gasteiger partial charge is 0.374 e. The SMILES string of the molecule is CCCCCCCCCCCCCCCCCCOc1cc(COC(=O)c2nc(N)cn2C)cc(OCCCCCCCCCCCCCCCCCC)c1OCCCCCCCCCCCCCCCCCC. The number of carbonyl (C=O) groups excluding carboxylic acids is 1. The first-order valence-electron chi connectivity index (χ1n) is 32.5. The Balaban J connectivity index is 1.90. The van der Waals surface area contributed by atoms with Crippen LogP contribution in [0.1, 0.15) is 345 Å². The summed E-state index contributed by atoms with van der Waals surface area (Å²) in [5.41, 5.74) is 6.69. The molecule has 2 rings (SSSR count). The highest BCUT2D eigenvalue weighted by Gasteiger charge is 2.19. The lowest BCUT2D eigenvalue weighted by Gasteiger charge is -2.19. The number of anilines is 1. The quantitative estimate of drug-likeness (QED) is 0.0521. The number of nitrogens with zero attached hydrogens (tertiary/aromatic N) is 2. The molecule has 2 N–H and O–H groups in total. The number of hydrogen-bond acceptors (Lipinski definition) is 7. The molecule has 0 aliphatic carbocycles. The van der Waals surface area contributed by atoms with Gasteiger partial charge in [-0.1, -0.05) is 310 Å². The van der Waals surface area contributed by atoms with Gasteiger partial charge in [-0.05, 0) is 37.0 Å². The Morgan fingerprint density at radius 2 is 0.662 bits per heavy atom. The van der Waals surface area contributed by atoms with E-state index in [0.717, 1.165) is 44.1 Å². The predicted octanol–water partition coefficient (Wildman–Crippen LogP) is 21.3. The Hall–Kier alpha value is -2.90. The summed E-state index contributed by atoms with van der Waals surface area (Å²) in [6.45, 7) is 8.80. The van der Waals surface area contributed by atoms with Crippen molar-refractivity contribution in [3.05, 3.63) is 29.7 Å². The van der Waals surface area contributed by atoms with Gasteiger partial charge in [0.2, 0.25) is 11.6 Å². The van der Waals surface area contributed by atoms with Gasteiger partial charge in [0.05, 0.1) is 19.8 Å². The molecule has 0 atom stereocenters. The van der Waals surface area contributed by atoms with Gasteiger partial charge >= 0.3 is 5.97 Å². The molecule has 0 saturated carbocycles. The maximum absolute atomic E-state index is 13.1. The van der Waals surface area contributed by atoms with Gasteiger partial charge in [0.25, 0.3) is 0 Å². The Kier molecular flexibility index (Phi) is 46.2. The fourth-order valence-corrected chi connectivity index (χ4v) is 10.5. The van der Waals surface area contributed by atoms with Crippen LogP contribution >= 0.6 is 0 Å². The fraction of sp³-hybridized carbons (Fsp3) is 0.848. The van der Waals surface area contributed by atoms with Crippen molar-refractivity contribution in [2.75, 3.05) is 25.6 Å². The summed E-state index contributed by atoms with van der Waals surface area (Å²) in [6, 6.07) is 3.97. The van der Waals surface area contributed by atoms with Gasteiger partial charge in [-0.15, -0.1) is 0 Å². The van der Waals surface area contributed by atoms with E-state index in [1.807, 2.05) is 12.1 Å². The molecular weight excluding hydrogens is 915 g/mol. The van der Waals surface area contributed by atoms with Crippen molar-refractivity contribution in [1.29, 1.82) is 0 Å². The number of imidazole rings is 1. The maximum Gasteiger partial charge on any atom is 0.374 e. The normalized spacial score (nSPS) is 11.5. The van der Waals surface area contributed by atoms with E-state index >= 15 is 0 Å². The molecule has 1 aromatic carbocycles. The van der Waals surface area contributed by atoms with Gasteiger partial charge in [-0.2, -0.15) is 0 Å². The number of benzene rings is 1. The fourth-order valence-electron chi connectivity index (χ4n) is 10.5. The van der Waals surface area contributed by atoms with Crippen molar-refractivity contribution in [3.63, 3.8) is 0 Å². The molecule has 8 nitrogen and oxygen atoms in total. The Labute approximate surface area is 458 Å². The molecule has 0 fully saturated rings. The predicted molar refractivity (Wildman–Crippen MR) is 318 cm³/mol. The summed E-state index contributed by atoms with van der Waals surface area (Å²) >= 11 is 0. The molecule has 74 heavy (non-hydrogen) atoms. The van der Waals surface area contributed by atoms with E-state index in [4.69, 9.17) is 24.7 Å². The first-order chi connectivity index (χ1) is 36.5. The van der Waals surface area contributed by atoms with Crippen LogP contribution in [0.25, 0.3) is 0 Å². The lowest BCUT2D eigenvalue weighted by molar-refractivity contribution is 0.0453. The molecule has 0 aliphatic rings. The molecule has 0 radical (unpaired) electrons. The zero-order valence-electron chi connectivity index (χ0n) is 49.5. The highest BCUT2D eigenvalue weighted by atomic mass is 16.5. The van der Waals surface area contributed by atoms with E-state index in [1.54, 1.807) is 17.8 Å². The molecule has 0 saturated heterocycles. The number of rotatable bonds is 57. The number of aryl methyl sites for hydroxylation is 1. The first-order valence-corrected chi connectivity index (χ1v) is 32.5. The zero-order valence-corrected chi connectivity index (χ0v) is 49.5. The van der Waals surface area contributed by atoms with Crippen LogP contribution in [0.15, 0.2) is 18.3 Å². The summed E-state index contributed by atoms with van der Waals surface area (Å²) in [4.78, 5) is 17.3. The second-order valence-electron chi connectivity index (χ2n) is 22.6. The number of hydrogen-bond donors (Lipinski definition) is 1. The van der Waals surface area contributed by atoms with Crippen molar-refractivity contribution in [3.8, 4) is 17.2 Å². The van der Waals surface area contributed by atoms with Crippen LogP contribution in [0.3, 0.4) is 0 Å². The summed E-state index contributed by atoms with van der Waals surface area (Å²) < 4.78 is 27.2. The van der Waals surface area contributed by atoms with Crippen LogP contribution in [0.5, 0.6) is 17.2 Å².